The first-order valence-corrected chi connectivity index (χ1v) is 7.12. The molecule has 1 heterocycles. The monoisotopic (exact) mass is 282 g/mol. The van der Waals surface area contributed by atoms with E-state index in [1.807, 2.05) is 12.1 Å². The van der Waals surface area contributed by atoms with Gasteiger partial charge in [-0.2, -0.15) is 0 Å². The molecule has 0 saturated carbocycles. The Morgan fingerprint density at radius 2 is 2.05 bits per heavy atom. The average Bonchev–Trinajstić information content (AvgIpc) is 3.03. The van der Waals surface area contributed by atoms with E-state index in [1.54, 1.807) is 23.9 Å². The minimum Gasteiger partial charge on any atom is -0.346 e. The highest BCUT2D eigenvalue weighted by Crippen LogP contribution is 2.30. The molecule has 1 aromatic carbocycles. The quantitative estimate of drug-likeness (QED) is 0.880. The molecule has 0 radical (unpaired) electrons. The Morgan fingerprint density at radius 1 is 1.29 bits per heavy atom. The molecule has 4 heteroatoms. The standard InChI is InChI=1S/C17H18N2O2/c1-11(20)13-9-16(19(2)10-13)17(21)18-15-8-7-12-5-3-4-6-14(12)15/h3-6,9-10,15H,7-8H2,1-2H3,(H,18,21). The number of nitrogens with zero attached hydrogens (tertiary/aromatic N) is 1. The number of rotatable bonds is 3. The van der Waals surface area contributed by atoms with Crippen molar-refractivity contribution in [3.63, 3.8) is 0 Å². The van der Waals surface area contributed by atoms with Gasteiger partial charge in [-0.3, -0.25) is 9.59 Å². The molecule has 1 aliphatic carbocycles. The number of ketones is 1. The van der Waals surface area contributed by atoms with Crippen molar-refractivity contribution in [2.45, 2.75) is 25.8 Å². The largest absolute Gasteiger partial charge is 0.346 e. The molecule has 1 N–H and O–H groups in total. The van der Waals surface area contributed by atoms with E-state index in [9.17, 15) is 9.59 Å². The smallest absolute Gasteiger partial charge is 0.268 e. The number of hydrogen-bond acceptors (Lipinski definition) is 2. The molecule has 108 valence electrons. The molecule has 0 aliphatic heterocycles. The second-order valence-corrected chi connectivity index (χ2v) is 5.54. The van der Waals surface area contributed by atoms with E-state index >= 15 is 0 Å². The SMILES string of the molecule is CC(=O)c1cc(C(=O)NC2CCc3ccccc32)n(C)c1. The van der Waals surface area contributed by atoms with Gasteiger partial charge in [-0.15, -0.1) is 0 Å². The third kappa shape index (κ3) is 2.49. The number of aromatic nitrogens is 1. The maximum absolute atomic E-state index is 12.4. The summed E-state index contributed by atoms with van der Waals surface area (Å²) in [6, 6.07) is 9.92. The lowest BCUT2D eigenvalue weighted by molar-refractivity contribution is 0.0928. The molecule has 0 bridgehead atoms. The number of hydrogen-bond donors (Lipinski definition) is 1. The van der Waals surface area contributed by atoms with Gasteiger partial charge in [-0.1, -0.05) is 24.3 Å². The Morgan fingerprint density at radius 3 is 2.76 bits per heavy atom. The average molecular weight is 282 g/mol. The Balaban J connectivity index is 1.80. The number of nitrogens with one attached hydrogen (secondary N) is 1. The topological polar surface area (TPSA) is 51.1 Å². The van der Waals surface area contributed by atoms with Crippen LogP contribution in [0.5, 0.6) is 0 Å². The minimum absolute atomic E-state index is 0.0316. The van der Waals surface area contributed by atoms with Crippen LogP contribution in [0.2, 0.25) is 0 Å². The predicted octanol–water partition coefficient (Wildman–Crippen LogP) is 2.65. The number of Topliss-reactive ketones (excluding diaryl/α,β-unsaturated/α-hetero) is 1. The van der Waals surface area contributed by atoms with Crippen molar-refractivity contribution in [3.8, 4) is 0 Å². The highest BCUT2D eigenvalue weighted by atomic mass is 16.2. The summed E-state index contributed by atoms with van der Waals surface area (Å²) in [5.41, 5.74) is 3.59. The van der Waals surface area contributed by atoms with Gasteiger partial charge in [0.1, 0.15) is 5.69 Å². The van der Waals surface area contributed by atoms with Crippen molar-refractivity contribution in [1.82, 2.24) is 9.88 Å². The van der Waals surface area contributed by atoms with Gasteiger partial charge >= 0.3 is 0 Å². The van der Waals surface area contributed by atoms with Gasteiger partial charge in [0.05, 0.1) is 6.04 Å². The molecule has 0 fully saturated rings. The molecule has 4 nitrogen and oxygen atoms in total. The molecule has 0 saturated heterocycles. The van der Waals surface area contributed by atoms with Crippen LogP contribution >= 0.6 is 0 Å². The van der Waals surface area contributed by atoms with E-state index in [1.165, 1.54) is 18.1 Å². The van der Waals surface area contributed by atoms with Crippen LogP contribution < -0.4 is 5.32 Å². The highest BCUT2D eigenvalue weighted by molar-refractivity contribution is 5.99. The van der Waals surface area contributed by atoms with Crippen LogP contribution in [0.15, 0.2) is 36.5 Å². The fraction of sp³-hybridized carbons (Fsp3) is 0.294. The van der Waals surface area contributed by atoms with E-state index in [0.717, 1.165) is 12.8 Å². The molecule has 1 aromatic heterocycles. The van der Waals surface area contributed by atoms with Crippen molar-refractivity contribution < 1.29 is 9.59 Å². The van der Waals surface area contributed by atoms with E-state index in [0.29, 0.717) is 11.3 Å². The fourth-order valence-corrected chi connectivity index (χ4v) is 2.92. The number of benzene rings is 1. The Hall–Kier alpha value is -2.36. The zero-order valence-electron chi connectivity index (χ0n) is 12.2. The molecule has 2 aromatic rings. The summed E-state index contributed by atoms with van der Waals surface area (Å²) in [4.78, 5) is 23.8. The summed E-state index contributed by atoms with van der Waals surface area (Å²) in [5, 5.41) is 3.07. The minimum atomic E-state index is -0.133. The van der Waals surface area contributed by atoms with Crippen LogP contribution in [0.1, 0.15) is 51.4 Å². The van der Waals surface area contributed by atoms with E-state index < -0.39 is 0 Å². The third-order valence-corrected chi connectivity index (χ3v) is 4.08. The zero-order valence-corrected chi connectivity index (χ0v) is 12.2. The van der Waals surface area contributed by atoms with Gasteiger partial charge in [0.25, 0.3) is 5.91 Å². The predicted molar refractivity (Wildman–Crippen MR) is 80.4 cm³/mol. The van der Waals surface area contributed by atoms with Crippen LogP contribution in [-0.2, 0) is 13.5 Å². The van der Waals surface area contributed by atoms with Crippen LogP contribution in [-0.4, -0.2) is 16.3 Å². The third-order valence-electron chi connectivity index (χ3n) is 4.08. The lowest BCUT2D eigenvalue weighted by atomic mass is 10.1. The highest BCUT2D eigenvalue weighted by Gasteiger charge is 2.24. The molecule has 21 heavy (non-hydrogen) atoms. The van der Waals surface area contributed by atoms with Gasteiger partial charge in [0.15, 0.2) is 5.78 Å². The first kappa shape index (κ1) is 13.6. The summed E-state index contributed by atoms with van der Waals surface area (Å²) in [6.07, 6.45) is 3.61. The van der Waals surface area contributed by atoms with E-state index in [4.69, 9.17) is 0 Å². The van der Waals surface area contributed by atoms with Gasteiger partial charge in [-0.05, 0) is 37.0 Å². The molecule has 1 aliphatic rings. The van der Waals surface area contributed by atoms with Crippen molar-refractivity contribution in [1.29, 1.82) is 0 Å². The number of fused-ring (bicyclic) bond motifs is 1. The van der Waals surface area contributed by atoms with Crippen LogP contribution in [0.25, 0.3) is 0 Å². The molecule has 1 unspecified atom stereocenters. The number of amides is 1. The first-order chi connectivity index (χ1) is 10.1. The van der Waals surface area contributed by atoms with Gasteiger partial charge in [0, 0.05) is 18.8 Å². The lowest BCUT2D eigenvalue weighted by Gasteiger charge is -2.14. The normalized spacial score (nSPS) is 16.6. The summed E-state index contributed by atoms with van der Waals surface area (Å²) in [6.45, 7) is 1.50. The molecule has 0 spiro atoms. The number of aryl methyl sites for hydroxylation is 2. The molecule has 1 atom stereocenters. The maximum Gasteiger partial charge on any atom is 0.268 e. The lowest BCUT2D eigenvalue weighted by Crippen LogP contribution is -2.28. The Kier molecular flexibility index (Phi) is 3.37. The zero-order chi connectivity index (χ0) is 15.0. The van der Waals surface area contributed by atoms with Crippen molar-refractivity contribution in [3.05, 3.63) is 58.9 Å². The van der Waals surface area contributed by atoms with Crippen molar-refractivity contribution in [2.75, 3.05) is 0 Å². The second kappa shape index (κ2) is 5.20. The Bertz CT molecular complexity index is 715. The molecular weight excluding hydrogens is 264 g/mol. The van der Waals surface area contributed by atoms with E-state index in [-0.39, 0.29) is 17.7 Å². The molecule has 3 rings (SSSR count). The van der Waals surface area contributed by atoms with Crippen molar-refractivity contribution >= 4 is 11.7 Å². The summed E-state index contributed by atoms with van der Waals surface area (Å²) >= 11 is 0. The molecule has 1 amide bonds. The van der Waals surface area contributed by atoms with Crippen LogP contribution in [0.4, 0.5) is 0 Å². The Labute approximate surface area is 123 Å². The summed E-state index contributed by atoms with van der Waals surface area (Å²) < 4.78 is 1.70. The van der Waals surface area contributed by atoms with Gasteiger partial charge in [0.2, 0.25) is 0 Å². The maximum atomic E-state index is 12.4. The molecular formula is C17H18N2O2. The first-order valence-electron chi connectivity index (χ1n) is 7.12. The van der Waals surface area contributed by atoms with E-state index in [2.05, 4.69) is 17.4 Å². The van der Waals surface area contributed by atoms with Gasteiger partial charge < -0.3 is 9.88 Å². The second-order valence-electron chi connectivity index (χ2n) is 5.54. The number of carbonyl (C=O) groups excluding carboxylic acids is 2. The summed E-state index contributed by atoms with van der Waals surface area (Å²) in [5.74, 6) is -0.164. The number of carbonyl (C=O) groups is 2. The van der Waals surface area contributed by atoms with Crippen molar-refractivity contribution in [2.24, 2.45) is 7.05 Å². The van der Waals surface area contributed by atoms with Gasteiger partial charge in [-0.25, -0.2) is 0 Å². The van der Waals surface area contributed by atoms with Crippen LogP contribution in [0, 0.1) is 0 Å². The fourth-order valence-electron chi connectivity index (χ4n) is 2.92. The summed E-state index contributed by atoms with van der Waals surface area (Å²) in [7, 11) is 1.78. The van der Waals surface area contributed by atoms with Crippen LogP contribution in [0.3, 0.4) is 0 Å².